The van der Waals surface area contributed by atoms with E-state index in [9.17, 15) is 35.1 Å². The first-order valence-corrected chi connectivity index (χ1v) is 46.7. The van der Waals surface area contributed by atoms with Gasteiger partial charge in [0.25, 0.3) is 11.1 Å². The highest BCUT2D eigenvalue weighted by Crippen LogP contribution is 2.45. The van der Waals surface area contributed by atoms with E-state index in [4.69, 9.17) is 35.5 Å². The molecule has 562 valence electrons. The SMILES string of the molecule is CSc1nc(C)c(C#C[Si](C)(C)C)c(NC2CC(CO)[C@H]3OC(C)(C)O[C@@H]23)n1.CSc1nc(C)c(I)c(=O)[nH]1.CSc1nc(C)c(I)c(Cl)n1.CSc1nc(C)c(I)c(NC2CC(CO)[C@@H](O)[C@H]2O)n1.CSc1nc(C)c(I)c(NC2CC(CO)[C@H]3OC(C)(C)O[C@@H]23)n1.Cc1cc(=O)[nH]c(=S)[nH]1. The molecule has 6 aromatic rings. The molecule has 26 nitrogen and oxygen atoms in total. The molecule has 102 heavy (non-hydrogen) atoms. The molecule has 5 aliphatic rings. The van der Waals surface area contributed by atoms with Gasteiger partial charge in [-0.2, -0.15) is 0 Å². The number of nitrogens with one attached hydrogen (secondary N) is 6. The van der Waals surface area contributed by atoms with Gasteiger partial charge in [0, 0.05) is 49.3 Å². The maximum absolute atomic E-state index is 11.1. The van der Waals surface area contributed by atoms with Crippen molar-refractivity contribution in [3.05, 3.63) is 90.7 Å². The Bertz CT molecular complexity index is 4060. The number of nitrogens with zero attached hydrogens (tertiary/aromatic N) is 9. The highest BCUT2D eigenvalue weighted by Gasteiger charge is 2.55. The standard InChI is InChI=1S/C20H31N3O3SSi.C15H22IN3O3S.C12H18IN3O3S.C6H6ClIN2S.C6H7IN2OS.C5H6N2OS/c1-12-14(8-9-28(5,6)7)18(23-19(21-12)27-4)22-15-10-13(11-24)16-17(15)26-20(2,3)25-16;1-7-10(16)13(19-14(17-7)23-4)18-9-5-8(6-20)11-12(9)22-15(2,3)21-11;1-5-8(13)11(16-12(14-5)20-2)15-7-3-6(4-17)9(18)10(7)19;1-3-4(8)5(7)10-6(9-3)11-2;1-3-4(7)5(10)9-6(8-3)11-2;1-3-2-4(8)7-5(9)6-3/h13,15-17,24H,10-11H2,1-7H3,(H,21,22,23);8-9,11-12,20H,5-6H2,1-4H3,(H,17,18,19);6-7,9-10,17-19H,3-4H2,1-2H3,(H,14,15,16);1-2H3;1-2H3,(H,8,9,10);2H,1H3,(H2,6,7,8,9)/t13?,15?,16-,17+;8?,9?,11-,12+;6?,7?,9-,10+;;;/m111.../s1. The number of ether oxygens (including phenoxy) is 4. The molecule has 0 amide bonds. The smallest absolute Gasteiger partial charge is 0.265 e. The van der Waals surface area contributed by atoms with Crippen LogP contribution in [-0.4, -0.2) is 211 Å². The third-order valence-corrected chi connectivity index (χ3v) is 25.6. The number of hydrogen-bond acceptors (Lipinski definition) is 29. The lowest BCUT2D eigenvalue weighted by Gasteiger charge is -2.24. The number of aromatic amines is 3. The Morgan fingerprint density at radius 1 is 0.549 bits per heavy atom. The van der Waals surface area contributed by atoms with Crippen LogP contribution in [0.1, 0.15) is 86.7 Å². The van der Waals surface area contributed by atoms with Crippen LogP contribution in [0.4, 0.5) is 17.5 Å². The van der Waals surface area contributed by atoms with Gasteiger partial charge >= 0.3 is 0 Å². The van der Waals surface area contributed by atoms with Crippen molar-refractivity contribution in [3.8, 4) is 11.5 Å². The molecule has 6 unspecified atom stereocenters. The van der Waals surface area contributed by atoms with Gasteiger partial charge < -0.3 is 70.4 Å². The summed E-state index contributed by atoms with van der Waals surface area (Å²) in [5.74, 6) is 4.16. The predicted molar refractivity (Wildman–Crippen MR) is 446 cm³/mol. The van der Waals surface area contributed by atoms with Crippen LogP contribution in [0.25, 0.3) is 0 Å². The first kappa shape index (κ1) is 89.0. The largest absolute Gasteiger partial charge is 0.396 e. The zero-order valence-corrected chi connectivity index (χ0v) is 75.1. The van der Waals surface area contributed by atoms with Gasteiger partial charge in [0.05, 0.1) is 84.8 Å². The number of halogens is 5. The van der Waals surface area contributed by atoms with Gasteiger partial charge in [0.1, 0.15) is 49.0 Å². The molecular weight excluding hydrogens is 1920 g/mol. The maximum atomic E-state index is 11.1. The van der Waals surface area contributed by atoms with Gasteiger partial charge in [0.15, 0.2) is 42.1 Å². The second-order valence-corrected chi connectivity index (χ2v) is 39.7. The van der Waals surface area contributed by atoms with Crippen LogP contribution in [0.15, 0.2) is 41.4 Å². The zero-order valence-electron chi connectivity index (χ0n) is 59.8. The molecule has 0 bridgehead atoms. The van der Waals surface area contributed by atoms with E-state index in [1.165, 1.54) is 64.9 Å². The number of aromatic nitrogens is 12. The Hall–Kier alpha value is -1.92. The van der Waals surface area contributed by atoms with Crippen LogP contribution in [0.5, 0.6) is 0 Å². The minimum Gasteiger partial charge on any atom is -0.396 e. The summed E-state index contributed by atoms with van der Waals surface area (Å²) in [7, 11) is -1.54. The summed E-state index contributed by atoms with van der Waals surface area (Å²) < 4.78 is 28.2. The molecule has 8 heterocycles. The second-order valence-electron chi connectivity index (χ2n) is 26.0. The number of fused-ring (bicyclic) bond motifs is 2. The third kappa shape index (κ3) is 25.1. The number of aryl methyl sites for hydroxylation is 6. The summed E-state index contributed by atoms with van der Waals surface area (Å²) in [6.45, 7) is 25.8. The second kappa shape index (κ2) is 40.1. The average molecular weight is 2010 g/mol. The third-order valence-electron chi connectivity index (χ3n) is 16.0. The summed E-state index contributed by atoms with van der Waals surface area (Å²) in [5.41, 5.74) is 9.29. The van der Waals surface area contributed by atoms with Crippen LogP contribution in [0, 0.1) is 89.8 Å². The molecule has 0 spiro atoms. The van der Waals surface area contributed by atoms with E-state index in [-0.39, 0.29) is 91.2 Å². The number of aliphatic hydroxyl groups is 5. The molecule has 11 rings (SSSR count). The molecule has 6 aromatic heterocycles. The van der Waals surface area contributed by atoms with Crippen LogP contribution in [0.3, 0.4) is 0 Å². The molecule has 38 heteroatoms. The summed E-state index contributed by atoms with van der Waals surface area (Å²) >= 11 is 26.5. The molecule has 0 aromatic carbocycles. The molecular formula is C64H90ClI4N15O11S6Si. The van der Waals surface area contributed by atoms with E-state index in [2.05, 4.69) is 182 Å². The van der Waals surface area contributed by atoms with E-state index >= 15 is 0 Å². The molecule has 3 aliphatic carbocycles. The number of anilines is 3. The Balaban J connectivity index is 0.000000201. The van der Waals surface area contributed by atoms with Gasteiger partial charge in [-0.25, -0.2) is 44.9 Å². The lowest BCUT2D eigenvalue weighted by molar-refractivity contribution is -0.159. The van der Waals surface area contributed by atoms with Crippen LogP contribution in [0.2, 0.25) is 24.8 Å². The molecule has 3 saturated carbocycles. The molecule has 2 aliphatic heterocycles. The molecule has 11 N–H and O–H groups in total. The Labute approximate surface area is 682 Å². The van der Waals surface area contributed by atoms with E-state index in [1.54, 1.807) is 6.92 Å². The fourth-order valence-corrected chi connectivity index (χ4v) is 15.6. The van der Waals surface area contributed by atoms with E-state index in [0.717, 1.165) is 90.4 Å². The minimum absolute atomic E-state index is 0.000336. The van der Waals surface area contributed by atoms with Gasteiger partial charge in [-0.05, 0) is 222 Å². The number of aliphatic hydroxyl groups excluding tert-OH is 5. The van der Waals surface area contributed by atoms with Crippen molar-refractivity contribution in [3.63, 3.8) is 0 Å². The Morgan fingerprint density at radius 3 is 1.35 bits per heavy atom. The minimum atomic E-state index is -1.54. The summed E-state index contributed by atoms with van der Waals surface area (Å²) in [5, 5.41) is 62.9. The zero-order chi connectivity index (χ0) is 76.0. The average Bonchev–Trinajstić information content (AvgIpc) is 1.61. The number of thioether (sulfide) groups is 5. The highest BCUT2D eigenvalue weighted by molar-refractivity contribution is 14.1. The predicted octanol–water partition coefficient (Wildman–Crippen LogP) is 11.0. The highest BCUT2D eigenvalue weighted by atomic mass is 127. The van der Waals surface area contributed by atoms with Gasteiger partial charge in [-0.1, -0.05) is 96.0 Å². The van der Waals surface area contributed by atoms with Gasteiger partial charge in [-0.3, -0.25) is 14.6 Å². The Morgan fingerprint density at radius 2 is 0.951 bits per heavy atom. The maximum Gasteiger partial charge on any atom is 0.265 e. The molecule has 0 radical (unpaired) electrons. The summed E-state index contributed by atoms with van der Waals surface area (Å²) in [6, 6.07) is 1.20. The quantitative estimate of drug-likeness (QED) is 0.00918. The first-order chi connectivity index (χ1) is 47.8. The lowest BCUT2D eigenvalue weighted by Crippen LogP contribution is -2.35. The topological polar surface area (TPSA) is 372 Å². The monoisotopic (exact) mass is 2010 g/mol. The van der Waals surface area contributed by atoms with Crippen molar-refractivity contribution in [2.45, 2.75) is 200 Å². The van der Waals surface area contributed by atoms with E-state index < -0.39 is 31.9 Å². The van der Waals surface area contributed by atoms with Crippen LogP contribution >= 0.6 is 173 Å². The van der Waals surface area contributed by atoms with E-state index in [1.807, 2.05) is 116 Å². The fourth-order valence-electron chi connectivity index (χ4n) is 11.2. The van der Waals surface area contributed by atoms with Crippen molar-refractivity contribution >= 4 is 199 Å². The number of rotatable bonds is 14. The van der Waals surface area contributed by atoms with Gasteiger partial charge in [-0.15, -0.1) is 5.54 Å². The fraction of sp³-hybridized carbons (Fsp3) is 0.594. The normalized spacial score (nSPS) is 23.9. The van der Waals surface area contributed by atoms with Gasteiger partial charge in [0.2, 0.25) is 0 Å². The van der Waals surface area contributed by atoms with Crippen molar-refractivity contribution in [1.29, 1.82) is 0 Å². The lowest BCUT2D eigenvalue weighted by atomic mass is 10.1. The van der Waals surface area contributed by atoms with Crippen LogP contribution in [-0.2, 0) is 18.9 Å². The van der Waals surface area contributed by atoms with Crippen molar-refractivity contribution in [2.75, 3.05) is 67.0 Å². The Kier molecular flexibility index (Phi) is 35.0. The summed E-state index contributed by atoms with van der Waals surface area (Å²) in [6.07, 6.45) is 9.51. The van der Waals surface area contributed by atoms with Crippen molar-refractivity contribution < 1.29 is 44.5 Å². The molecule has 2 saturated heterocycles. The van der Waals surface area contributed by atoms with E-state index in [0.29, 0.717) is 36.0 Å². The summed E-state index contributed by atoms with van der Waals surface area (Å²) in [4.78, 5) is 69.0. The number of hydrogen-bond donors (Lipinski definition) is 11. The van der Waals surface area contributed by atoms with Crippen molar-refractivity contribution in [1.82, 2.24) is 59.8 Å². The van der Waals surface area contributed by atoms with Crippen LogP contribution < -0.4 is 27.1 Å². The number of H-pyrrole nitrogens is 3. The van der Waals surface area contributed by atoms with Crippen molar-refractivity contribution in [2.24, 2.45) is 17.8 Å². The molecule has 5 fully saturated rings. The first-order valence-electron chi connectivity index (χ1n) is 32.0. The molecule has 12 atom stereocenters.